The molecule has 0 radical (unpaired) electrons. The van der Waals surface area contributed by atoms with Gasteiger partial charge in [0.2, 0.25) is 0 Å². The van der Waals surface area contributed by atoms with Crippen LogP contribution in [-0.4, -0.2) is 34.2 Å². The third-order valence-corrected chi connectivity index (χ3v) is 4.17. The van der Waals surface area contributed by atoms with Crippen LogP contribution in [0.2, 0.25) is 0 Å². The molecule has 0 fully saturated rings. The fourth-order valence-corrected chi connectivity index (χ4v) is 2.96. The lowest BCUT2D eigenvalue weighted by molar-refractivity contribution is 0.392. The average Bonchev–Trinajstić information content (AvgIpc) is 2.97. The predicted molar refractivity (Wildman–Crippen MR) is 111 cm³/mol. The van der Waals surface area contributed by atoms with Gasteiger partial charge in [-0.05, 0) is 42.8 Å². The highest BCUT2D eigenvalue weighted by Gasteiger charge is 2.12. The van der Waals surface area contributed by atoms with Crippen molar-refractivity contribution in [1.29, 1.82) is 0 Å². The van der Waals surface area contributed by atoms with Crippen molar-refractivity contribution >= 4 is 45.9 Å². The van der Waals surface area contributed by atoms with Crippen molar-refractivity contribution in [3.05, 3.63) is 39.4 Å². The fourth-order valence-electron chi connectivity index (χ4n) is 2.39. The van der Waals surface area contributed by atoms with E-state index in [1.807, 2.05) is 27.9 Å². The minimum Gasteiger partial charge on any atom is -0.361 e. The molecule has 2 aromatic heterocycles. The summed E-state index contributed by atoms with van der Waals surface area (Å²) in [4.78, 5) is 6.84. The molecule has 134 valence electrons. The van der Waals surface area contributed by atoms with Crippen LogP contribution in [0.25, 0.3) is 0 Å². The number of guanidine groups is 1. The van der Waals surface area contributed by atoms with E-state index in [4.69, 9.17) is 9.52 Å². The Morgan fingerprint density at radius 1 is 1.46 bits per heavy atom. The van der Waals surface area contributed by atoms with Crippen LogP contribution in [-0.2, 0) is 20.1 Å². The van der Waals surface area contributed by atoms with Crippen LogP contribution in [0.4, 0.5) is 0 Å². The number of nitrogens with zero attached hydrogens (tertiary/aromatic N) is 4. The summed E-state index contributed by atoms with van der Waals surface area (Å²) in [6.07, 6.45) is 2.05. The molecule has 2 rings (SSSR count). The van der Waals surface area contributed by atoms with Crippen molar-refractivity contribution in [2.75, 3.05) is 13.6 Å². The van der Waals surface area contributed by atoms with Crippen LogP contribution in [0.15, 0.2) is 26.3 Å². The quantitative estimate of drug-likeness (QED) is 0.380. The number of rotatable bonds is 5. The minimum atomic E-state index is 0. The SMILES string of the molecule is CCNC(=NCc1c(C)noc1C)N(C)Cc1cc(Br)cn1C.I. The van der Waals surface area contributed by atoms with Crippen molar-refractivity contribution in [3.63, 3.8) is 0 Å². The molecule has 2 heterocycles. The maximum absolute atomic E-state index is 5.20. The highest BCUT2D eigenvalue weighted by molar-refractivity contribution is 14.0. The molecule has 6 nitrogen and oxygen atoms in total. The van der Waals surface area contributed by atoms with Gasteiger partial charge in [-0.15, -0.1) is 24.0 Å². The zero-order valence-electron chi connectivity index (χ0n) is 14.8. The van der Waals surface area contributed by atoms with Gasteiger partial charge in [0.05, 0.1) is 18.8 Å². The summed E-state index contributed by atoms with van der Waals surface area (Å²) >= 11 is 3.51. The zero-order valence-corrected chi connectivity index (χ0v) is 18.7. The molecule has 0 spiro atoms. The van der Waals surface area contributed by atoms with Gasteiger partial charge in [-0.25, -0.2) is 4.99 Å². The monoisotopic (exact) mass is 509 g/mol. The molecule has 24 heavy (non-hydrogen) atoms. The van der Waals surface area contributed by atoms with Gasteiger partial charge in [0, 0.05) is 42.6 Å². The van der Waals surface area contributed by atoms with Crippen LogP contribution in [0.3, 0.4) is 0 Å². The number of nitrogens with one attached hydrogen (secondary N) is 1. The Morgan fingerprint density at radius 2 is 2.17 bits per heavy atom. The maximum Gasteiger partial charge on any atom is 0.194 e. The Bertz CT molecular complexity index is 675. The number of aliphatic imine (C=N–C) groups is 1. The smallest absolute Gasteiger partial charge is 0.194 e. The van der Waals surface area contributed by atoms with Crippen molar-refractivity contribution in [2.45, 2.75) is 33.9 Å². The number of aromatic nitrogens is 2. The topological polar surface area (TPSA) is 58.6 Å². The van der Waals surface area contributed by atoms with Crippen molar-refractivity contribution in [2.24, 2.45) is 12.0 Å². The molecular weight excluding hydrogens is 485 g/mol. The van der Waals surface area contributed by atoms with E-state index in [0.717, 1.165) is 40.5 Å². The van der Waals surface area contributed by atoms with E-state index in [1.54, 1.807) is 0 Å². The first-order chi connectivity index (χ1) is 10.9. The Kier molecular flexibility index (Phi) is 8.28. The van der Waals surface area contributed by atoms with Gasteiger partial charge in [0.15, 0.2) is 5.96 Å². The van der Waals surface area contributed by atoms with Crippen LogP contribution in [0.5, 0.6) is 0 Å². The van der Waals surface area contributed by atoms with Gasteiger partial charge < -0.3 is 19.3 Å². The van der Waals surface area contributed by atoms with Gasteiger partial charge in [0.25, 0.3) is 0 Å². The van der Waals surface area contributed by atoms with E-state index in [0.29, 0.717) is 6.54 Å². The molecule has 0 aromatic carbocycles. The van der Waals surface area contributed by atoms with Crippen LogP contribution in [0, 0.1) is 13.8 Å². The molecule has 0 saturated carbocycles. The average molecular weight is 510 g/mol. The molecule has 0 aliphatic rings. The van der Waals surface area contributed by atoms with Crippen molar-refractivity contribution < 1.29 is 4.52 Å². The Hall–Kier alpha value is -1.03. The lowest BCUT2D eigenvalue weighted by atomic mass is 10.2. The Balaban J connectivity index is 0.00000288. The lowest BCUT2D eigenvalue weighted by Gasteiger charge is -2.22. The number of halogens is 2. The fraction of sp³-hybridized carbons (Fsp3) is 0.500. The third-order valence-electron chi connectivity index (χ3n) is 3.74. The highest BCUT2D eigenvalue weighted by Crippen LogP contribution is 2.16. The predicted octanol–water partition coefficient (Wildman–Crippen LogP) is 3.61. The summed E-state index contributed by atoms with van der Waals surface area (Å²) in [5.74, 6) is 1.70. The number of hydrogen-bond acceptors (Lipinski definition) is 3. The van der Waals surface area contributed by atoms with E-state index in [-0.39, 0.29) is 24.0 Å². The molecule has 0 bridgehead atoms. The van der Waals surface area contributed by atoms with E-state index in [1.165, 1.54) is 5.69 Å². The standard InChI is InChI=1S/C16H24BrN5O.HI/c1-6-18-16(19-8-15-11(2)20-23-12(15)3)22(5)10-14-7-13(17)9-21(14)4;/h7,9H,6,8,10H2,1-5H3,(H,18,19);1H. The Morgan fingerprint density at radius 3 is 2.67 bits per heavy atom. The maximum atomic E-state index is 5.20. The molecule has 0 saturated heterocycles. The summed E-state index contributed by atoms with van der Waals surface area (Å²) in [5.41, 5.74) is 3.16. The van der Waals surface area contributed by atoms with Crippen molar-refractivity contribution in [1.82, 2.24) is 19.9 Å². The molecule has 0 atom stereocenters. The van der Waals surface area contributed by atoms with Crippen molar-refractivity contribution in [3.8, 4) is 0 Å². The van der Waals surface area contributed by atoms with E-state index in [2.05, 4.69) is 55.1 Å². The van der Waals surface area contributed by atoms with Crippen LogP contribution in [0.1, 0.15) is 29.6 Å². The summed E-state index contributed by atoms with van der Waals surface area (Å²) in [6.45, 7) is 8.09. The molecule has 1 N–H and O–H groups in total. The second kappa shape index (κ2) is 9.45. The Labute approximate surface area is 168 Å². The van der Waals surface area contributed by atoms with E-state index < -0.39 is 0 Å². The van der Waals surface area contributed by atoms with Gasteiger partial charge in [0.1, 0.15) is 5.76 Å². The largest absolute Gasteiger partial charge is 0.361 e. The summed E-state index contributed by atoms with van der Waals surface area (Å²) in [6, 6.07) is 2.12. The molecule has 2 aromatic rings. The van der Waals surface area contributed by atoms with Gasteiger partial charge in [-0.2, -0.15) is 0 Å². The second-order valence-corrected chi connectivity index (χ2v) is 6.51. The van der Waals surface area contributed by atoms with Crippen LogP contribution >= 0.6 is 39.9 Å². The zero-order chi connectivity index (χ0) is 17.0. The number of hydrogen-bond donors (Lipinski definition) is 1. The molecule has 0 aliphatic heterocycles. The second-order valence-electron chi connectivity index (χ2n) is 5.59. The lowest BCUT2D eigenvalue weighted by Crippen LogP contribution is -2.38. The third kappa shape index (κ3) is 5.23. The summed E-state index contributed by atoms with van der Waals surface area (Å²) in [5, 5.41) is 7.31. The van der Waals surface area contributed by atoms with Gasteiger partial charge in [-0.1, -0.05) is 5.16 Å². The van der Waals surface area contributed by atoms with Crippen LogP contribution < -0.4 is 5.32 Å². The van der Waals surface area contributed by atoms with E-state index in [9.17, 15) is 0 Å². The minimum absolute atomic E-state index is 0. The molecule has 0 aliphatic carbocycles. The first-order valence-electron chi connectivity index (χ1n) is 7.64. The number of aryl methyl sites for hydroxylation is 3. The molecule has 0 unspecified atom stereocenters. The highest BCUT2D eigenvalue weighted by atomic mass is 127. The van der Waals surface area contributed by atoms with Gasteiger partial charge >= 0.3 is 0 Å². The molecule has 8 heteroatoms. The summed E-state index contributed by atoms with van der Waals surface area (Å²) in [7, 11) is 4.08. The van der Waals surface area contributed by atoms with Gasteiger partial charge in [-0.3, -0.25) is 0 Å². The molecular formula is C16H25BrIN5O. The normalized spacial score (nSPS) is 11.3. The van der Waals surface area contributed by atoms with E-state index >= 15 is 0 Å². The first-order valence-corrected chi connectivity index (χ1v) is 8.43. The summed E-state index contributed by atoms with van der Waals surface area (Å²) < 4.78 is 8.39. The first kappa shape index (κ1) is 21.0. The molecule has 0 amide bonds.